The molecule has 2 aromatic rings. The van der Waals surface area contributed by atoms with E-state index in [-0.39, 0.29) is 6.04 Å². The van der Waals surface area contributed by atoms with E-state index in [9.17, 15) is 5.11 Å². The van der Waals surface area contributed by atoms with Crippen LogP contribution in [-0.2, 0) is 0 Å². The van der Waals surface area contributed by atoms with Crippen LogP contribution in [0.2, 0.25) is 10.0 Å². The van der Waals surface area contributed by atoms with E-state index < -0.39 is 6.10 Å². The summed E-state index contributed by atoms with van der Waals surface area (Å²) in [6.07, 6.45) is 3.01. The molecule has 1 aliphatic rings. The van der Waals surface area contributed by atoms with Crippen molar-refractivity contribution < 1.29 is 5.11 Å². The second kappa shape index (κ2) is 6.32. The van der Waals surface area contributed by atoms with E-state index in [0.717, 1.165) is 30.8 Å². The van der Waals surface area contributed by atoms with Gasteiger partial charge in [0.15, 0.2) is 0 Å². The number of hydrogen-bond acceptors (Lipinski definition) is 4. The quantitative estimate of drug-likeness (QED) is 0.906. The molecule has 21 heavy (non-hydrogen) atoms. The fourth-order valence-corrected chi connectivity index (χ4v) is 3.08. The fourth-order valence-electron chi connectivity index (χ4n) is 2.78. The van der Waals surface area contributed by atoms with Gasteiger partial charge in [0.2, 0.25) is 0 Å². The first-order valence-electron chi connectivity index (χ1n) is 6.87. The van der Waals surface area contributed by atoms with Crippen molar-refractivity contribution in [1.29, 1.82) is 0 Å². The molecule has 1 fully saturated rings. The Morgan fingerprint density at radius 3 is 2.95 bits per heavy atom. The van der Waals surface area contributed by atoms with Crippen molar-refractivity contribution in [2.24, 2.45) is 0 Å². The Morgan fingerprint density at radius 2 is 2.24 bits per heavy atom. The third-order valence-electron chi connectivity index (χ3n) is 3.85. The second-order valence-corrected chi connectivity index (χ2v) is 6.03. The summed E-state index contributed by atoms with van der Waals surface area (Å²) in [6.45, 7) is 1.47. The predicted octanol–water partition coefficient (Wildman–Crippen LogP) is 2.98. The predicted molar refractivity (Wildman–Crippen MR) is 81.4 cm³/mol. The smallest absolute Gasteiger partial charge is 0.141 e. The molecule has 0 aliphatic carbocycles. The zero-order valence-electron chi connectivity index (χ0n) is 11.3. The molecule has 2 heterocycles. The van der Waals surface area contributed by atoms with Gasteiger partial charge in [0.1, 0.15) is 12.2 Å². The van der Waals surface area contributed by atoms with Crippen LogP contribution in [0.15, 0.2) is 24.5 Å². The standard InChI is InChI=1S/C14H16Cl2N4O/c15-10-4-3-9(6-11(10)16)13(21)7-20-5-1-2-12(20)14-17-8-18-19-14/h3-4,6,8,12-13,21H,1-2,5,7H2,(H,17,18,19)/t12-,13-/m0/s1. The Bertz CT molecular complexity index is 605. The van der Waals surface area contributed by atoms with Gasteiger partial charge < -0.3 is 5.11 Å². The summed E-state index contributed by atoms with van der Waals surface area (Å²) in [5.41, 5.74) is 0.771. The monoisotopic (exact) mass is 326 g/mol. The Labute approximate surface area is 132 Å². The zero-order chi connectivity index (χ0) is 14.8. The highest BCUT2D eigenvalue weighted by atomic mass is 35.5. The molecule has 1 aliphatic heterocycles. The molecule has 3 rings (SSSR count). The maximum Gasteiger partial charge on any atom is 0.141 e. The van der Waals surface area contributed by atoms with E-state index in [0.29, 0.717) is 16.6 Å². The van der Waals surface area contributed by atoms with Crippen molar-refractivity contribution in [2.45, 2.75) is 25.0 Å². The van der Waals surface area contributed by atoms with E-state index in [1.54, 1.807) is 18.2 Å². The van der Waals surface area contributed by atoms with Gasteiger partial charge in [-0.3, -0.25) is 10.00 Å². The summed E-state index contributed by atoms with van der Waals surface area (Å²) in [7, 11) is 0. The molecule has 7 heteroatoms. The molecule has 0 bridgehead atoms. The molecular weight excluding hydrogens is 311 g/mol. The number of likely N-dealkylation sites (tertiary alicyclic amines) is 1. The summed E-state index contributed by atoms with van der Waals surface area (Å²) in [6, 6.07) is 5.41. The van der Waals surface area contributed by atoms with Crippen LogP contribution in [0.4, 0.5) is 0 Å². The number of halogens is 2. The third kappa shape index (κ3) is 3.21. The molecule has 2 atom stereocenters. The van der Waals surface area contributed by atoms with Crippen molar-refractivity contribution in [3.05, 3.63) is 46.0 Å². The van der Waals surface area contributed by atoms with Crippen LogP contribution in [0, 0.1) is 0 Å². The minimum absolute atomic E-state index is 0.185. The SMILES string of the molecule is O[C@@H](CN1CCC[C@H]1c1ncn[nH]1)c1ccc(Cl)c(Cl)c1. The van der Waals surface area contributed by atoms with Crippen LogP contribution < -0.4 is 0 Å². The Hall–Kier alpha value is -1.14. The van der Waals surface area contributed by atoms with Gasteiger partial charge in [-0.2, -0.15) is 5.10 Å². The molecule has 0 amide bonds. The molecular formula is C14H16Cl2N4O. The normalized spacial score (nSPS) is 20.8. The van der Waals surface area contributed by atoms with Gasteiger partial charge >= 0.3 is 0 Å². The highest BCUT2D eigenvalue weighted by Gasteiger charge is 2.29. The molecule has 2 N–H and O–H groups in total. The molecule has 1 aromatic carbocycles. The van der Waals surface area contributed by atoms with Gasteiger partial charge in [-0.1, -0.05) is 29.3 Å². The number of hydrogen-bond donors (Lipinski definition) is 2. The molecule has 1 saturated heterocycles. The molecule has 1 aromatic heterocycles. The average Bonchev–Trinajstić information content (AvgIpc) is 3.12. The molecule has 0 spiro atoms. The van der Waals surface area contributed by atoms with Crippen LogP contribution in [0.25, 0.3) is 0 Å². The van der Waals surface area contributed by atoms with E-state index in [2.05, 4.69) is 20.1 Å². The lowest BCUT2D eigenvalue weighted by Gasteiger charge is -2.25. The summed E-state index contributed by atoms with van der Waals surface area (Å²) in [5.74, 6) is 0.855. The van der Waals surface area contributed by atoms with Gasteiger partial charge in [-0.05, 0) is 37.1 Å². The molecule has 0 unspecified atom stereocenters. The topological polar surface area (TPSA) is 65.0 Å². The number of H-pyrrole nitrogens is 1. The third-order valence-corrected chi connectivity index (χ3v) is 4.59. The lowest BCUT2D eigenvalue weighted by Crippen LogP contribution is -2.29. The van der Waals surface area contributed by atoms with Crippen molar-refractivity contribution in [2.75, 3.05) is 13.1 Å². The minimum atomic E-state index is -0.608. The van der Waals surface area contributed by atoms with Crippen LogP contribution >= 0.6 is 23.2 Å². The highest BCUT2D eigenvalue weighted by molar-refractivity contribution is 6.42. The number of aromatic amines is 1. The van der Waals surface area contributed by atoms with E-state index in [1.807, 2.05) is 0 Å². The second-order valence-electron chi connectivity index (χ2n) is 5.21. The maximum absolute atomic E-state index is 10.4. The molecule has 112 valence electrons. The van der Waals surface area contributed by atoms with Crippen molar-refractivity contribution >= 4 is 23.2 Å². The average molecular weight is 327 g/mol. The summed E-state index contributed by atoms with van der Waals surface area (Å²) < 4.78 is 0. The van der Waals surface area contributed by atoms with Crippen LogP contribution in [0.1, 0.15) is 36.4 Å². The number of nitrogens with zero attached hydrogens (tertiary/aromatic N) is 3. The van der Waals surface area contributed by atoms with Crippen LogP contribution in [0.5, 0.6) is 0 Å². The first kappa shape index (κ1) is 14.8. The minimum Gasteiger partial charge on any atom is -0.387 e. The number of nitrogens with one attached hydrogen (secondary N) is 1. The lowest BCUT2D eigenvalue weighted by atomic mass is 10.1. The number of aliphatic hydroxyl groups is 1. The highest BCUT2D eigenvalue weighted by Crippen LogP contribution is 2.32. The Morgan fingerprint density at radius 1 is 1.38 bits per heavy atom. The first-order chi connectivity index (χ1) is 10.1. The van der Waals surface area contributed by atoms with Gasteiger partial charge in [-0.25, -0.2) is 4.98 Å². The summed E-state index contributed by atoms with van der Waals surface area (Å²) in [5, 5.41) is 18.2. The fraction of sp³-hybridized carbons (Fsp3) is 0.429. The van der Waals surface area contributed by atoms with E-state index >= 15 is 0 Å². The molecule has 0 saturated carbocycles. The number of rotatable bonds is 4. The van der Waals surface area contributed by atoms with Gasteiger partial charge in [0.25, 0.3) is 0 Å². The van der Waals surface area contributed by atoms with Crippen molar-refractivity contribution in [3.63, 3.8) is 0 Å². The number of β-amino-alcohol motifs (C(OH)–C–C–N with tert-alkyl or cyclic N) is 1. The van der Waals surface area contributed by atoms with Gasteiger partial charge in [0, 0.05) is 6.54 Å². The molecule has 5 nitrogen and oxygen atoms in total. The Balaban J connectivity index is 1.71. The maximum atomic E-state index is 10.4. The number of aliphatic hydroxyl groups excluding tert-OH is 1. The van der Waals surface area contributed by atoms with Crippen molar-refractivity contribution in [3.8, 4) is 0 Å². The molecule has 0 radical (unpaired) electrons. The lowest BCUT2D eigenvalue weighted by molar-refractivity contribution is 0.104. The van der Waals surface area contributed by atoms with Crippen molar-refractivity contribution in [1.82, 2.24) is 20.1 Å². The summed E-state index contributed by atoms with van der Waals surface area (Å²) >= 11 is 11.9. The van der Waals surface area contributed by atoms with Crippen LogP contribution in [-0.4, -0.2) is 38.3 Å². The summed E-state index contributed by atoms with van der Waals surface area (Å²) in [4.78, 5) is 6.44. The van der Waals surface area contributed by atoms with E-state index in [4.69, 9.17) is 23.2 Å². The largest absolute Gasteiger partial charge is 0.387 e. The number of aromatic nitrogens is 3. The van der Waals surface area contributed by atoms with Crippen LogP contribution in [0.3, 0.4) is 0 Å². The first-order valence-corrected chi connectivity index (χ1v) is 7.63. The Kier molecular flexibility index (Phi) is 4.45. The zero-order valence-corrected chi connectivity index (χ0v) is 12.8. The van der Waals surface area contributed by atoms with Gasteiger partial charge in [0.05, 0.1) is 22.2 Å². The van der Waals surface area contributed by atoms with Gasteiger partial charge in [-0.15, -0.1) is 0 Å². The van der Waals surface area contributed by atoms with E-state index in [1.165, 1.54) is 6.33 Å². The number of benzene rings is 1.